The van der Waals surface area contributed by atoms with E-state index in [4.69, 9.17) is 9.47 Å². The molecule has 1 fully saturated rings. The molecule has 0 aliphatic heterocycles. The van der Waals surface area contributed by atoms with Crippen LogP contribution in [0.1, 0.15) is 44.2 Å². The minimum atomic E-state index is -1.28. The van der Waals surface area contributed by atoms with Crippen LogP contribution in [0.5, 0.6) is 0 Å². The third-order valence-electron chi connectivity index (χ3n) is 6.69. The van der Waals surface area contributed by atoms with E-state index in [1.54, 1.807) is 0 Å². The van der Waals surface area contributed by atoms with Crippen LogP contribution in [0.15, 0.2) is 84.0 Å². The van der Waals surface area contributed by atoms with Gasteiger partial charge in [0.15, 0.2) is 5.41 Å². The lowest BCUT2D eigenvalue weighted by atomic mass is 9.80. The first-order valence-corrected chi connectivity index (χ1v) is 11.2. The van der Waals surface area contributed by atoms with Crippen molar-refractivity contribution >= 4 is 11.9 Å². The van der Waals surface area contributed by atoms with Crippen molar-refractivity contribution in [2.24, 2.45) is 17.3 Å². The van der Waals surface area contributed by atoms with Gasteiger partial charge in [0.05, 0.1) is 0 Å². The zero-order valence-electron chi connectivity index (χ0n) is 18.8. The van der Waals surface area contributed by atoms with Crippen molar-refractivity contribution in [1.82, 2.24) is 0 Å². The SMILES string of the molecule is CC(C)=C1CC=C[C@@H]2CC(C(=O)OCc3ccccc3)(C(=O)OCc3ccccc3)C[C@@H]12. The molecular formula is C28H30O4. The number of fused-ring (bicyclic) bond motifs is 1. The van der Waals surface area contributed by atoms with Crippen LogP contribution < -0.4 is 0 Å². The van der Waals surface area contributed by atoms with E-state index in [1.165, 1.54) is 11.1 Å². The second-order valence-electron chi connectivity index (χ2n) is 9.04. The molecule has 0 bridgehead atoms. The van der Waals surface area contributed by atoms with Crippen LogP contribution in [0, 0.1) is 17.3 Å². The topological polar surface area (TPSA) is 52.6 Å². The molecule has 2 aromatic rings. The van der Waals surface area contributed by atoms with Crippen LogP contribution in [0.3, 0.4) is 0 Å². The number of hydrogen-bond acceptors (Lipinski definition) is 4. The normalized spacial score (nSPS) is 21.0. The minimum absolute atomic E-state index is 0.141. The number of hydrogen-bond donors (Lipinski definition) is 0. The quantitative estimate of drug-likeness (QED) is 0.331. The summed E-state index contributed by atoms with van der Waals surface area (Å²) < 4.78 is 11.4. The van der Waals surface area contributed by atoms with Gasteiger partial charge in [0.25, 0.3) is 0 Å². The lowest BCUT2D eigenvalue weighted by Gasteiger charge is -2.26. The van der Waals surface area contributed by atoms with Crippen molar-refractivity contribution in [3.05, 3.63) is 95.1 Å². The highest BCUT2D eigenvalue weighted by molar-refractivity contribution is 6.00. The van der Waals surface area contributed by atoms with E-state index in [-0.39, 0.29) is 25.0 Å². The molecule has 0 radical (unpaired) electrons. The lowest BCUT2D eigenvalue weighted by Crippen LogP contribution is -2.40. The van der Waals surface area contributed by atoms with Crippen molar-refractivity contribution in [2.75, 3.05) is 0 Å². The zero-order valence-corrected chi connectivity index (χ0v) is 18.8. The van der Waals surface area contributed by atoms with E-state index in [0.29, 0.717) is 12.8 Å². The second-order valence-corrected chi connectivity index (χ2v) is 9.04. The standard InChI is InChI=1S/C28H30O4/c1-20(2)24-15-9-14-23-16-28(17-25(23)24,26(29)31-18-21-10-5-3-6-11-21)27(30)32-19-22-12-7-4-8-13-22/h3-14,23,25H,15-19H2,1-2H3/t23-,25-/m1/s1. The molecular weight excluding hydrogens is 400 g/mol. The monoisotopic (exact) mass is 430 g/mol. The fraction of sp³-hybridized carbons (Fsp3) is 0.357. The summed E-state index contributed by atoms with van der Waals surface area (Å²) in [5.41, 5.74) is 3.10. The number of ether oxygens (including phenoxy) is 2. The van der Waals surface area contributed by atoms with Gasteiger partial charge in [0, 0.05) is 0 Å². The molecule has 0 spiro atoms. The number of esters is 2. The number of rotatable bonds is 6. The molecule has 2 atom stereocenters. The van der Waals surface area contributed by atoms with E-state index in [1.807, 2.05) is 60.7 Å². The summed E-state index contributed by atoms with van der Waals surface area (Å²) in [6.45, 7) is 4.50. The predicted octanol–water partition coefficient (Wildman–Crippen LogP) is 5.78. The van der Waals surface area contributed by atoms with Crippen LogP contribution in [0.4, 0.5) is 0 Å². The Labute approximate surface area is 189 Å². The summed E-state index contributed by atoms with van der Waals surface area (Å²) >= 11 is 0. The summed E-state index contributed by atoms with van der Waals surface area (Å²) in [6.07, 6.45) is 6.05. The molecule has 4 rings (SSSR count). The van der Waals surface area contributed by atoms with Crippen LogP contribution in [-0.4, -0.2) is 11.9 Å². The summed E-state index contributed by atoms with van der Waals surface area (Å²) in [7, 11) is 0. The van der Waals surface area contributed by atoms with E-state index in [9.17, 15) is 9.59 Å². The molecule has 0 amide bonds. The molecule has 166 valence electrons. The fourth-order valence-corrected chi connectivity index (χ4v) is 4.97. The first-order valence-electron chi connectivity index (χ1n) is 11.2. The Morgan fingerprint density at radius 3 is 1.88 bits per heavy atom. The Morgan fingerprint density at radius 1 is 0.844 bits per heavy atom. The van der Waals surface area contributed by atoms with Crippen molar-refractivity contribution in [2.45, 2.75) is 46.3 Å². The number of allylic oxidation sites excluding steroid dienone is 4. The number of carbonyl (C=O) groups excluding carboxylic acids is 2. The Balaban J connectivity index is 1.57. The summed E-state index contributed by atoms with van der Waals surface area (Å²) in [5.74, 6) is -0.647. The van der Waals surface area contributed by atoms with Crippen LogP contribution in [-0.2, 0) is 32.3 Å². The minimum Gasteiger partial charge on any atom is -0.460 e. The van der Waals surface area contributed by atoms with E-state index in [2.05, 4.69) is 26.0 Å². The van der Waals surface area contributed by atoms with Gasteiger partial charge in [-0.15, -0.1) is 0 Å². The molecule has 1 saturated carbocycles. The Kier molecular flexibility index (Phi) is 6.59. The zero-order chi connectivity index (χ0) is 22.6. The third-order valence-corrected chi connectivity index (χ3v) is 6.69. The van der Waals surface area contributed by atoms with Crippen molar-refractivity contribution in [3.8, 4) is 0 Å². The van der Waals surface area contributed by atoms with Crippen molar-refractivity contribution < 1.29 is 19.1 Å². The van der Waals surface area contributed by atoms with Gasteiger partial charge < -0.3 is 9.47 Å². The molecule has 0 N–H and O–H groups in total. The molecule has 0 aromatic heterocycles. The maximum Gasteiger partial charge on any atom is 0.323 e. The number of carbonyl (C=O) groups is 2. The van der Waals surface area contributed by atoms with Crippen LogP contribution in [0.25, 0.3) is 0 Å². The van der Waals surface area contributed by atoms with Gasteiger partial charge in [-0.05, 0) is 56.1 Å². The highest BCUT2D eigenvalue weighted by atomic mass is 16.6. The average Bonchev–Trinajstić information content (AvgIpc) is 3.23. The lowest BCUT2D eigenvalue weighted by molar-refractivity contribution is -0.174. The van der Waals surface area contributed by atoms with E-state index >= 15 is 0 Å². The maximum absolute atomic E-state index is 13.5. The van der Waals surface area contributed by atoms with Gasteiger partial charge in [-0.3, -0.25) is 9.59 Å². The van der Waals surface area contributed by atoms with Gasteiger partial charge in [-0.2, -0.15) is 0 Å². The Bertz CT molecular complexity index is 960. The van der Waals surface area contributed by atoms with Gasteiger partial charge in [0.1, 0.15) is 13.2 Å². The molecule has 4 heteroatoms. The molecule has 2 aliphatic rings. The fourth-order valence-electron chi connectivity index (χ4n) is 4.97. The first kappa shape index (κ1) is 22.1. The molecule has 32 heavy (non-hydrogen) atoms. The van der Waals surface area contributed by atoms with Crippen molar-refractivity contribution in [1.29, 1.82) is 0 Å². The molecule has 2 aromatic carbocycles. The van der Waals surface area contributed by atoms with Gasteiger partial charge in [-0.1, -0.05) is 84.0 Å². The van der Waals surface area contributed by atoms with Gasteiger partial charge >= 0.3 is 11.9 Å². The Morgan fingerprint density at radius 2 is 1.38 bits per heavy atom. The summed E-state index contributed by atoms with van der Waals surface area (Å²) in [4.78, 5) is 26.9. The van der Waals surface area contributed by atoms with Crippen molar-refractivity contribution in [3.63, 3.8) is 0 Å². The predicted molar refractivity (Wildman–Crippen MR) is 123 cm³/mol. The molecule has 4 nitrogen and oxygen atoms in total. The summed E-state index contributed by atoms with van der Waals surface area (Å²) in [6, 6.07) is 19.1. The summed E-state index contributed by atoms with van der Waals surface area (Å²) in [5, 5.41) is 0. The first-order chi connectivity index (χ1) is 15.5. The third kappa shape index (κ3) is 4.55. The molecule has 0 unspecified atom stereocenters. The smallest absolute Gasteiger partial charge is 0.323 e. The van der Waals surface area contributed by atoms with E-state index < -0.39 is 17.4 Å². The molecule has 2 aliphatic carbocycles. The molecule has 0 heterocycles. The molecule has 0 saturated heterocycles. The van der Waals surface area contributed by atoms with Crippen LogP contribution >= 0.6 is 0 Å². The highest BCUT2D eigenvalue weighted by Crippen LogP contribution is 2.53. The maximum atomic E-state index is 13.5. The highest BCUT2D eigenvalue weighted by Gasteiger charge is 2.58. The number of benzene rings is 2. The van der Waals surface area contributed by atoms with E-state index in [0.717, 1.165) is 17.5 Å². The van der Waals surface area contributed by atoms with Crippen LogP contribution in [0.2, 0.25) is 0 Å². The average molecular weight is 431 g/mol. The van der Waals surface area contributed by atoms with Gasteiger partial charge in [0.2, 0.25) is 0 Å². The largest absolute Gasteiger partial charge is 0.460 e. The second kappa shape index (κ2) is 9.56. The van der Waals surface area contributed by atoms with Gasteiger partial charge in [-0.25, -0.2) is 0 Å². The Hall–Kier alpha value is -3.14.